The van der Waals surface area contributed by atoms with Crippen molar-refractivity contribution in [1.82, 2.24) is 10.2 Å². The number of nitrogens with one attached hydrogen (secondary N) is 1. The number of nitrogens with zero attached hydrogens (tertiary/aromatic N) is 1. The lowest BCUT2D eigenvalue weighted by molar-refractivity contribution is -0.136. The number of carbonyl (C=O) groups excluding carboxylic acids is 1. The molecule has 0 aromatic rings. The number of carbonyl (C=O) groups is 1. The van der Waals surface area contributed by atoms with Gasteiger partial charge in [0.05, 0.1) is 24.9 Å². The van der Waals surface area contributed by atoms with Crippen LogP contribution in [0.3, 0.4) is 0 Å². The fraction of sp³-hybridized carbons (Fsp3) is 0.941. The predicted molar refractivity (Wildman–Crippen MR) is 82.8 cm³/mol. The summed E-state index contributed by atoms with van der Waals surface area (Å²) in [5, 5.41) is 3.68. The molecule has 3 unspecified atom stereocenters. The van der Waals surface area contributed by atoms with Crippen LogP contribution in [0.4, 0.5) is 0 Å². The van der Waals surface area contributed by atoms with Gasteiger partial charge in [-0.25, -0.2) is 0 Å². The van der Waals surface area contributed by atoms with Gasteiger partial charge in [0.25, 0.3) is 0 Å². The molecule has 3 aliphatic rings. The Labute approximate surface area is 128 Å². The van der Waals surface area contributed by atoms with Crippen LogP contribution < -0.4 is 5.32 Å². The lowest BCUT2D eigenvalue weighted by atomic mass is 10.0. The molecule has 21 heavy (non-hydrogen) atoms. The van der Waals surface area contributed by atoms with Crippen LogP contribution in [0.2, 0.25) is 0 Å². The van der Waals surface area contributed by atoms with Gasteiger partial charge in [0.1, 0.15) is 0 Å². The van der Waals surface area contributed by atoms with Crippen LogP contribution in [-0.4, -0.2) is 42.3 Å². The predicted octanol–water partition coefficient (Wildman–Crippen LogP) is 2.53. The van der Waals surface area contributed by atoms with E-state index in [0.29, 0.717) is 23.8 Å². The number of ether oxygens (including phenoxy) is 1. The highest BCUT2D eigenvalue weighted by Gasteiger charge is 2.46. The Bertz CT molecular complexity index is 360. The van der Waals surface area contributed by atoms with Crippen molar-refractivity contribution in [2.45, 2.75) is 77.0 Å². The topological polar surface area (TPSA) is 41.6 Å². The van der Waals surface area contributed by atoms with E-state index in [0.717, 1.165) is 32.5 Å². The van der Waals surface area contributed by atoms with E-state index in [9.17, 15) is 4.79 Å². The van der Waals surface area contributed by atoms with Crippen molar-refractivity contribution in [3.63, 3.8) is 0 Å². The van der Waals surface area contributed by atoms with E-state index in [1.54, 1.807) is 0 Å². The van der Waals surface area contributed by atoms with E-state index in [4.69, 9.17) is 4.74 Å². The minimum absolute atomic E-state index is 0.0255. The second-order valence-corrected chi connectivity index (χ2v) is 7.45. The molecule has 2 saturated heterocycles. The van der Waals surface area contributed by atoms with Crippen LogP contribution in [0.15, 0.2) is 0 Å². The number of hydrogen-bond donors (Lipinski definition) is 1. The Morgan fingerprint density at radius 1 is 1.24 bits per heavy atom. The summed E-state index contributed by atoms with van der Waals surface area (Å²) in [4.78, 5) is 15.1. The maximum atomic E-state index is 12.9. The minimum atomic E-state index is 0.0255. The van der Waals surface area contributed by atoms with Crippen LogP contribution in [0.25, 0.3) is 0 Å². The summed E-state index contributed by atoms with van der Waals surface area (Å²) in [6.07, 6.45) is 8.57. The summed E-state index contributed by atoms with van der Waals surface area (Å²) in [7, 11) is 0. The summed E-state index contributed by atoms with van der Waals surface area (Å²) in [6.45, 7) is 5.98. The molecule has 0 spiro atoms. The zero-order valence-corrected chi connectivity index (χ0v) is 13.5. The van der Waals surface area contributed by atoms with E-state index in [1.165, 1.54) is 25.7 Å². The van der Waals surface area contributed by atoms with Gasteiger partial charge in [0, 0.05) is 6.61 Å². The van der Waals surface area contributed by atoms with Gasteiger partial charge >= 0.3 is 0 Å². The number of amides is 1. The van der Waals surface area contributed by atoms with E-state index < -0.39 is 0 Å². The summed E-state index contributed by atoms with van der Waals surface area (Å²) < 4.78 is 5.65. The third-order valence-electron chi connectivity index (χ3n) is 5.31. The van der Waals surface area contributed by atoms with Crippen molar-refractivity contribution in [2.75, 3.05) is 13.2 Å². The van der Waals surface area contributed by atoms with Crippen molar-refractivity contribution < 1.29 is 9.53 Å². The molecule has 0 bridgehead atoms. The quantitative estimate of drug-likeness (QED) is 0.866. The number of hydrogen-bond acceptors (Lipinski definition) is 3. The highest BCUT2D eigenvalue weighted by molar-refractivity contribution is 5.84. The lowest BCUT2D eigenvalue weighted by Crippen LogP contribution is -2.50. The van der Waals surface area contributed by atoms with Gasteiger partial charge in [0.15, 0.2) is 0 Å². The molecule has 1 N–H and O–H groups in total. The van der Waals surface area contributed by atoms with Crippen molar-refractivity contribution in [1.29, 1.82) is 0 Å². The molecule has 3 rings (SSSR count). The molecule has 0 aromatic carbocycles. The zero-order valence-electron chi connectivity index (χ0n) is 13.5. The lowest BCUT2D eigenvalue weighted by Gasteiger charge is -2.37. The Morgan fingerprint density at radius 2 is 2.00 bits per heavy atom. The Morgan fingerprint density at radius 3 is 2.62 bits per heavy atom. The first-order valence-electron chi connectivity index (χ1n) is 8.83. The molecule has 1 amide bonds. The van der Waals surface area contributed by atoms with Gasteiger partial charge in [-0.3, -0.25) is 10.1 Å². The summed E-state index contributed by atoms with van der Waals surface area (Å²) in [5.74, 6) is 1.53. The first-order chi connectivity index (χ1) is 10.2. The molecular weight excluding hydrogens is 264 g/mol. The Kier molecular flexibility index (Phi) is 4.85. The second-order valence-electron chi connectivity index (χ2n) is 7.45. The van der Waals surface area contributed by atoms with Crippen LogP contribution in [0, 0.1) is 11.8 Å². The van der Waals surface area contributed by atoms with E-state index >= 15 is 0 Å². The second kappa shape index (κ2) is 6.66. The molecule has 0 radical (unpaired) electrons. The smallest absolute Gasteiger partial charge is 0.241 e. The number of rotatable bonds is 4. The Hall–Kier alpha value is -0.610. The molecule has 2 heterocycles. The Balaban J connectivity index is 1.75. The van der Waals surface area contributed by atoms with Crippen molar-refractivity contribution >= 4 is 5.91 Å². The van der Waals surface area contributed by atoms with E-state index in [-0.39, 0.29) is 12.2 Å². The SMILES string of the molecule is CC(C)CC1NC(C2CCCC2)N(C2CCCOC2)C1=O. The third kappa shape index (κ3) is 3.26. The fourth-order valence-electron chi connectivity index (χ4n) is 4.30. The summed E-state index contributed by atoms with van der Waals surface area (Å²) in [6, 6.07) is 0.319. The molecule has 2 aliphatic heterocycles. The molecule has 4 heteroatoms. The standard InChI is InChI=1S/C17H30N2O2/c1-12(2)10-15-17(20)19(14-8-5-9-21-11-14)16(18-15)13-6-3-4-7-13/h12-16,18H,3-11H2,1-2H3. The normalized spacial score (nSPS) is 35.1. The van der Waals surface area contributed by atoms with Crippen molar-refractivity contribution in [3.8, 4) is 0 Å². The highest BCUT2D eigenvalue weighted by Crippen LogP contribution is 2.35. The maximum Gasteiger partial charge on any atom is 0.241 e. The molecule has 3 atom stereocenters. The molecule has 3 fully saturated rings. The van der Waals surface area contributed by atoms with Crippen molar-refractivity contribution in [2.24, 2.45) is 11.8 Å². The summed E-state index contributed by atoms with van der Waals surface area (Å²) >= 11 is 0. The fourth-order valence-corrected chi connectivity index (χ4v) is 4.30. The average molecular weight is 294 g/mol. The molecule has 1 saturated carbocycles. The third-order valence-corrected chi connectivity index (χ3v) is 5.31. The largest absolute Gasteiger partial charge is 0.379 e. The average Bonchev–Trinajstić information content (AvgIpc) is 3.08. The highest BCUT2D eigenvalue weighted by atomic mass is 16.5. The molecular formula is C17H30N2O2. The summed E-state index contributed by atoms with van der Waals surface area (Å²) in [5.41, 5.74) is 0. The first kappa shape index (κ1) is 15.3. The van der Waals surface area contributed by atoms with Crippen LogP contribution in [0.1, 0.15) is 58.8 Å². The monoisotopic (exact) mass is 294 g/mol. The van der Waals surface area contributed by atoms with Gasteiger partial charge < -0.3 is 9.64 Å². The minimum Gasteiger partial charge on any atom is -0.379 e. The van der Waals surface area contributed by atoms with Gasteiger partial charge in [-0.2, -0.15) is 0 Å². The van der Waals surface area contributed by atoms with Crippen molar-refractivity contribution in [3.05, 3.63) is 0 Å². The van der Waals surface area contributed by atoms with Crippen LogP contribution in [-0.2, 0) is 9.53 Å². The maximum absolute atomic E-state index is 12.9. The van der Waals surface area contributed by atoms with Crippen LogP contribution in [0.5, 0.6) is 0 Å². The van der Waals surface area contributed by atoms with Gasteiger partial charge in [-0.1, -0.05) is 26.7 Å². The van der Waals surface area contributed by atoms with Gasteiger partial charge in [-0.15, -0.1) is 0 Å². The molecule has 1 aliphatic carbocycles. The molecule has 120 valence electrons. The van der Waals surface area contributed by atoms with E-state index in [1.807, 2.05) is 0 Å². The molecule has 0 aromatic heterocycles. The van der Waals surface area contributed by atoms with Gasteiger partial charge in [0.2, 0.25) is 5.91 Å². The van der Waals surface area contributed by atoms with E-state index in [2.05, 4.69) is 24.1 Å². The zero-order chi connectivity index (χ0) is 14.8. The molecule has 4 nitrogen and oxygen atoms in total. The van der Waals surface area contributed by atoms with Gasteiger partial charge in [-0.05, 0) is 43.9 Å². The first-order valence-corrected chi connectivity index (χ1v) is 8.83. The van der Waals surface area contributed by atoms with Crippen LogP contribution >= 0.6 is 0 Å².